The first-order chi connectivity index (χ1) is 13.8. The quantitative estimate of drug-likeness (QED) is 0.146. The number of amidine groups is 1. The Morgan fingerprint density at radius 1 is 1.27 bits per heavy atom. The fourth-order valence-electron chi connectivity index (χ4n) is 4.16. The van der Waals surface area contributed by atoms with Gasteiger partial charge in [0.2, 0.25) is 5.91 Å². The van der Waals surface area contributed by atoms with Crippen molar-refractivity contribution in [1.29, 1.82) is 5.41 Å². The van der Waals surface area contributed by atoms with Crippen LogP contribution in [0, 0.1) is 10.8 Å². The van der Waals surface area contributed by atoms with E-state index in [9.17, 15) is 4.79 Å². The van der Waals surface area contributed by atoms with E-state index in [1.54, 1.807) is 0 Å². The summed E-state index contributed by atoms with van der Waals surface area (Å²) in [6.07, 6.45) is 15.0. The molecule has 1 heterocycles. The molecule has 0 radical (unpaired) electrons. The van der Waals surface area contributed by atoms with Gasteiger partial charge in [-0.2, -0.15) is 0 Å². The molecule has 174 valence electrons. The van der Waals surface area contributed by atoms with Gasteiger partial charge in [0.15, 0.2) is 0 Å². The topological polar surface area (TPSA) is 47.4 Å². The van der Waals surface area contributed by atoms with Gasteiger partial charge in [0, 0.05) is 31.4 Å². The first-order valence-corrected chi connectivity index (χ1v) is 12.4. The molecule has 1 saturated heterocycles. The predicted molar refractivity (Wildman–Crippen MR) is 136 cm³/mol. The summed E-state index contributed by atoms with van der Waals surface area (Å²) in [5, 5.41) is 9.40. The number of rotatable bonds is 6. The van der Waals surface area contributed by atoms with Gasteiger partial charge in [-0.25, -0.2) is 0 Å². The standard InChI is InChI=1S/C17H31N3O.C7H11Br.ClH/c1-4-17(9-7-5-6-8-10-17)11-15(18)20-12-14(2)19(3)16(21)13-20;1-3-4-5-7(2)6-8;/h14,18H,4-13H2,1-3H3;4-5H,2-3,6H2,1H3;1H/b;5-4-;. The Morgan fingerprint density at radius 2 is 1.87 bits per heavy atom. The molecule has 1 atom stereocenters. The number of hydrogen-bond acceptors (Lipinski definition) is 2. The SMILES string of the molecule is C=C(/C=C\CC)CBr.CCC1(CC(=N)N2CC(=O)N(C)C(C)C2)CCCCCC1.Cl. The molecule has 1 N–H and O–H groups in total. The monoisotopic (exact) mass is 503 g/mol. The lowest BCUT2D eigenvalue weighted by molar-refractivity contribution is -0.135. The molecule has 1 amide bonds. The minimum atomic E-state index is 0. The molecule has 0 aromatic heterocycles. The summed E-state index contributed by atoms with van der Waals surface area (Å²) < 4.78 is 0. The number of nitrogens with one attached hydrogen (secondary N) is 1. The number of alkyl halides is 1. The molecular formula is C24H43BrClN3O. The predicted octanol–water partition coefficient (Wildman–Crippen LogP) is 6.59. The zero-order valence-electron chi connectivity index (χ0n) is 19.5. The minimum Gasteiger partial charge on any atom is -0.349 e. The van der Waals surface area contributed by atoms with E-state index in [-0.39, 0.29) is 24.4 Å². The minimum absolute atomic E-state index is 0. The lowest BCUT2D eigenvalue weighted by Crippen LogP contribution is -2.55. The van der Waals surface area contributed by atoms with Crippen LogP contribution >= 0.6 is 28.3 Å². The highest BCUT2D eigenvalue weighted by molar-refractivity contribution is 9.09. The van der Waals surface area contributed by atoms with Crippen LogP contribution in [-0.2, 0) is 4.79 Å². The largest absolute Gasteiger partial charge is 0.349 e. The molecule has 1 saturated carbocycles. The van der Waals surface area contributed by atoms with Gasteiger partial charge in [0.1, 0.15) is 0 Å². The molecule has 0 aromatic carbocycles. The third-order valence-corrected chi connectivity index (χ3v) is 7.18. The molecule has 0 spiro atoms. The molecule has 6 heteroatoms. The molecule has 4 nitrogen and oxygen atoms in total. The Labute approximate surface area is 199 Å². The second-order valence-electron chi connectivity index (χ2n) is 8.73. The fourth-order valence-corrected chi connectivity index (χ4v) is 4.35. The Hall–Kier alpha value is -0.810. The van der Waals surface area contributed by atoms with Gasteiger partial charge in [-0.1, -0.05) is 80.6 Å². The van der Waals surface area contributed by atoms with E-state index in [0.29, 0.717) is 17.8 Å². The lowest BCUT2D eigenvalue weighted by Gasteiger charge is -2.41. The van der Waals surface area contributed by atoms with Crippen LogP contribution in [0.5, 0.6) is 0 Å². The van der Waals surface area contributed by atoms with E-state index in [0.717, 1.165) is 36.7 Å². The molecule has 1 unspecified atom stereocenters. The molecule has 2 fully saturated rings. The van der Waals surface area contributed by atoms with Crippen molar-refractivity contribution in [2.24, 2.45) is 5.41 Å². The summed E-state index contributed by atoms with van der Waals surface area (Å²) in [7, 11) is 1.87. The first-order valence-electron chi connectivity index (χ1n) is 11.3. The van der Waals surface area contributed by atoms with Crippen LogP contribution < -0.4 is 0 Å². The van der Waals surface area contributed by atoms with Crippen molar-refractivity contribution in [2.75, 3.05) is 25.5 Å². The van der Waals surface area contributed by atoms with Crippen LogP contribution in [0.15, 0.2) is 24.3 Å². The van der Waals surface area contributed by atoms with Gasteiger partial charge < -0.3 is 9.80 Å². The lowest BCUT2D eigenvalue weighted by atomic mass is 9.74. The highest BCUT2D eigenvalue weighted by atomic mass is 79.9. The van der Waals surface area contributed by atoms with Crippen LogP contribution in [-0.4, -0.2) is 53.1 Å². The molecule has 0 aromatic rings. The number of hydrogen-bond donors (Lipinski definition) is 1. The third kappa shape index (κ3) is 9.55. The van der Waals surface area contributed by atoms with E-state index < -0.39 is 0 Å². The molecular weight excluding hydrogens is 462 g/mol. The summed E-state index contributed by atoms with van der Waals surface area (Å²) in [6, 6.07) is 0.207. The molecule has 0 bridgehead atoms. The average molecular weight is 505 g/mol. The fraction of sp³-hybridized carbons (Fsp3) is 0.750. The molecule has 1 aliphatic carbocycles. The number of piperazine rings is 1. The maximum atomic E-state index is 12.0. The summed E-state index contributed by atoms with van der Waals surface area (Å²) in [6.45, 7) is 11.4. The van der Waals surface area contributed by atoms with Crippen LogP contribution in [0.3, 0.4) is 0 Å². The van der Waals surface area contributed by atoms with Crippen LogP contribution in [0.2, 0.25) is 0 Å². The van der Waals surface area contributed by atoms with E-state index in [1.165, 1.54) is 38.5 Å². The van der Waals surface area contributed by atoms with E-state index in [1.807, 2.05) is 22.9 Å². The summed E-state index contributed by atoms with van der Waals surface area (Å²) in [5.74, 6) is 0.831. The average Bonchev–Trinajstić information content (AvgIpc) is 2.96. The van der Waals surface area contributed by atoms with Crippen molar-refractivity contribution in [3.63, 3.8) is 0 Å². The van der Waals surface area contributed by atoms with Crippen molar-refractivity contribution in [2.45, 2.75) is 84.6 Å². The number of likely N-dealkylation sites (N-methyl/N-ethyl adjacent to an activating group) is 1. The number of amides is 1. The molecule has 2 rings (SSSR count). The van der Waals surface area contributed by atoms with Crippen molar-refractivity contribution < 1.29 is 4.79 Å². The smallest absolute Gasteiger partial charge is 0.242 e. The van der Waals surface area contributed by atoms with E-state index >= 15 is 0 Å². The third-order valence-electron chi connectivity index (χ3n) is 6.46. The van der Waals surface area contributed by atoms with Crippen LogP contribution in [0.1, 0.15) is 78.6 Å². The number of nitrogens with zero attached hydrogens (tertiary/aromatic N) is 2. The van der Waals surface area contributed by atoms with Crippen molar-refractivity contribution in [3.05, 3.63) is 24.3 Å². The second kappa shape index (κ2) is 15.1. The summed E-state index contributed by atoms with van der Waals surface area (Å²) in [5.41, 5.74) is 1.44. The molecule has 2 aliphatic rings. The van der Waals surface area contributed by atoms with E-state index in [2.05, 4.69) is 49.4 Å². The second-order valence-corrected chi connectivity index (χ2v) is 9.29. The van der Waals surface area contributed by atoms with Gasteiger partial charge in [-0.15, -0.1) is 12.4 Å². The Morgan fingerprint density at radius 3 is 2.33 bits per heavy atom. The zero-order chi connectivity index (χ0) is 21.9. The van der Waals surface area contributed by atoms with Gasteiger partial charge in [0.25, 0.3) is 0 Å². The summed E-state index contributed by atoms with van der Waals surface area (Å²) in [4.78, 5) is 15.8. The zero-order valence-corrected chi connectivity index (χ0v) is 21.9. The highest BCUT2D eigenvalue weighted by Gasteiger charge is 2.34. The van der Waals surface area contributed by atoms with Crippen LogP contribution in [0.25, 0.3) is 0 Å². The van der Waals surface area contributed by atoms with E-state index in [4.69, 9.17) is 5.41 Å². The maximum absolute atomic E-state index is 12.0. The normalized spacial score (nSPS) is 21.4. The molecule has 1 aliphatic heterocycles. The molecule has 30 heavy (non-hydrogen) atoms. The van der Waals surface area contributed by atoms with Gasteiger partial charge in [-0.05, 0) is 37.2 Å². The Bertz CT molecular complexity index is 571. The maximum Gasteiger partial charge on any atom is 0.242 e. The number of halogens is 2. The number of carbonyl (C=O) groups is 1. The highest BCUT2D eigenvalue weighted by Crippen LogP contribution is 2.41. The Balaban J connectivity index is 0.000000801. The number of allylic oxidation sites excluding steroid dienone is 3. The number of carbonyl (C=O) groups excluding carboxylic acids is 1. The van der Waals surface area contributed by atoms with Gasteiger partial charge >= 0.3 is 0 Å². The summed E-state index contributed by atoms with van der Waals surface area (Å²) >= 11 is 3.29. The van der Waals surface area contributed by atoms with Crippen molar-refractivity contribution in [3.8, 4) is 0 Å². The van der Waals surface area contributed by atoms with Crippen molar-refractivity contribution >= 4 is 40.1 Å². The van der Waals surface area contributed by atoms with Gasteiger partial charge in [-0.3, -0.25) is 10.2 Å². The first kappa shape index (κ1) is 29.2. The van der Waals surface area contributed by atoms with Crippen LogP contribution in [0.4, 0.5) is 0 Å². The van der Waals surface area contributed by atoms with Crippen molar-refractivity contribution in [1.82, 2.24) is 9.80 Å². The van der Waals surface area contributed by atoms with Gasteiger partial charge in [0.05, 0.1) is 12.4 Å². The Kier molecular flexibility index (Phi) is 14.7.